The van der Waals surface area contributed by atoms with Crippen molar-refractivity contribution in [2.45, 2.75) is 57.7 Å². The van der Waals surface area contributed by atoms with Gasteiger partial charge in [0, 0.05) is 19.1 Å². The highest BCUT2D eigenvalue weighted by Gasteiger charge is 2.38. The molecule has 0 aliphatic heterocycles. The molecule has 1 aliphatic rings. The molecule has 0 radical (unpaired) electrons. The van der Waals surface area contributed by atoms with Crippen LogP contribution in [0.1, 0.15) is 38.7 Å². The largest absolute Gasteiger partial charge is 0.390 e. The summed E-state index contributed by atoms with van der Waals surface area (Å²) in [5.41, 5.74) is 0.927. The van der Waals surface area contributed by atoms with E-state index in [9.17, 15) is 23.1 Å². The molecule has 4 unspecified atom stereocenters. The van der Waals surface area contributed by atoms with Gasteiger partial charge in [0.2, 0.25) is 22.3 Å². The van der Waals surface area contributed by atoms with Crippen LogP contribution in [0.3, 0.4) is 0 Å². The zero-order chi connectivity index (χ0) is 23.0. The van der Waals surface area contributed by atoms with Crippen LogP contribution in [0.25, 0.3) is 0 Å². The number of amides is 2. The number of aliphatic hydroxyl groups excluding tert-OH is 1. The van der Waals surface area contributed by atoms with E-state index in [1.54, 1.807) is 0 Å². The lowest BCUT2D eigenvalue weighted by Gasteiger charge is -2.37. The molecule has 2 rings (SSSR count). The van der Waals surface area contributed by atoms with E-state index in [0.29, 0.717) is 38.1 Å². The maximum atomic E-state index is 12.8. The van der Waals surface area contributed by atoms with E-state index in [2.05, 4.69) is 10.6 Å². The van der Waals surface area contributed by atoms with Crippen molar-refractivity contribution in [2.75, 3.05) is 19.3 Å². The third kappa shape index (κ3) is 7.90. The molecular weight excluding hydrogens is 418 g/mol. The molecule has 0 bridgehead atoms. The van der Waals surface area contributed by atoms with Gasteiger partial charge in [-0.2, -0.15) is 4.31 Å². The summed E-state index contributed by atoms with van der Waals surface area (Å²) in [6, 6.07) is 8.58. The van der Waals surface area contributed by atoms with Crippen LogP contribution in [-0.2, 0) is 26.0 Å². The fourth-order valence-electron chi connectivity index (χ4n) is 3.67. The lowest BCUT2D eigenvalue weighted by atomic mass is 9.78. The molecule has 1 aliphatic carbocycles. The Hall–Kier alpha value is -1.97. The summed E-state index contributed by atoms with van der Waals surface area (Å²) in [6.07, 6.45) is 3.09. The highest BCUT2D eigenvalue weighted by atomic mass is 32.2. The summed E-state index contributed by atoms with van der Waals surface area (Å²) in [5, 5.41) is 16.5. The van der Waals surface area contributed by atoms with Crippen LogP contribution in [0.4, 0.5) is 0 Å². The van der Waals surface area contributed by atoms with E-state index < -0.39 is 22.2 Å². The van der Waals surface area contributed by atoms with Gasteiger partial charge in [0.05, 0.1) is 24.3 Å². The Morgan fingerprint density at radius 3 is 2.45 bits per heavy atom. The van der Waals surface area contributed by atoms with E-state index in [1.165, 1.54) is 4.31 Å². The standard InChI is InChI=1S/C22H35N3O5S/c1-16(2)11-12-25(31(3,29)30)14-21(27)20(13-17-7-5-4-6-8-17)24-22(28)18-9-10-19(18)23-15-26/h4-8,15-16,18-21,27H,9-14H2,1-3H3,(H,23,26)(H,24,28). The van der Waals surface area contributed by atoms with E-state index in [-0.39, 0.29) is 24.4 Å². The van der Waals surface area contributed by atoms with Gasteiger partial charge in [-0.15, -0.1) is 0 Å². The molecule has 1 aromatic rings. The molecular formula is C22H35N3O5S. The van der Waals surface area contributed by atoms with Gasteiger partial charge < -0.3 is 15.7 Å². The monoisotopic (exact) mass is 453 g/mol. The number of aliphatic hydroxyl groups is 1. The van der Waals surface area contributed by atoms with Crippen molar-refractivity contribution in [2.24, 2.45) is 11.8 Å². The lowest BCUT2D eigenvalue weighted by Crippen LogP contribution is -2.56. The van der Waals surface area contributed by atoms with Gasteiger partial charge in [-0.25, -0.2) is 8.42 Å². The van der Waals surface area contributed by atoms with Crippen LogP contribution in [0.15, 0.2) is 30.3 Å². The third-order valence-electron chi connectivity index (χ3n) is 5.80. The highest BCUT2D eigenvalue weighted by Crippen LogP contribution is 2.27. The minimum Gasteiger partial charge on any atom is -0.390 e. The van der Waals surface area contributed by atoms with Gasteiger partial charge in [-0.05, 0) is 37.2 Å². The minimum atomic E-state index is -3.50. The maximum Gasteiger partial charge on any atom is 0.225 e. The lowest BCUT2D eigenvalue weighted by molar-refractivity contribution is -0.130. The Balaban J connectivity index is 2.14. The first-order chi connectivity index (χ1) is 14.6. The second-order valence-corrected chi connectivity index (χ2v) is 10.7. The zero-order valence-corrected chi connectivity index (χ0v) is 19.3. The van der Waals surface area contributed by atoms with Crippen LogP contribution in [0.5, 0.6) is 0 Å². The van der Waals surface area contributed by atoms with Gasteiger partial charge in [-0.3, -0.25) is 9.59 Å². The van der Waals surface area contributed by atoms with E-state index in [1.807, 2.05) is 44.2 Å². The molecule has 8 nitrogen and oxygen atoms in total. The summed E-state index contributed by atoms with van der Waals surface area (Å²) in [5.74, 6) is -0.261. The fraction of sp³-hybridized carbons (Fsp3) is 0.636. The molecule has 0 saturated heterocycles. The van der Waals surface area contributed by atoms with Crippen LogP contribution >= 0.6 is 0 Å². The first kappa shape index (κ1) is 25.3. The molecule has 174 valence electrons. The van der Waals surface area contributed by atoms with Gasteiger partial charge in [0.15, 0.2) is 0 Å². The molecule has 9 heteroatoms. The first-order valence-electron chi connectivity index (χ1n) is 10.8. The summed E-state index contributed by atoms with van der Waals surface area (Å²) in [7, 11) is -3.50. The van der Waals surface area contributed by atoms with Gasteiger partial charge in [0.25, 0.3) is 0 Å². The van der Waals surface area contributed by atoms with Gasteiger partial charge in [0.1, 0.15) is 0 Å². The van der Waals surface area contributed by atoms with Crippen molar-refractivity contribution in [3.8, 4) is 0 Å². The molecule has 31 heavy (non-hydrogen) atoms. The van der Waals surface area contributed by atoms with Crippen molar-refractivity contribution in [1.82, 2.24) is 14.9 Å². The second-order valence-electron chi connectivity index (χ2n) is 8.75. The van der Waals surface area contributed by atoms with Gasteiger partial charge in [-0.1, -0.05) is 44.2 Å². The molecule has 4 atom stereocenters. The van der Waals surface area contributed by atoms with Crippen LogP contribution in [0, 0.1) is 11.8 Å². The second kappa shape index (κ2) is 11.6. The molecule has 3 N–H and O–H groups in total. The number of rotatable bonds is 13. The SMILES string of the molecule is CC(C)CCN(CC(O)C(Cc1ccccc1)NC(=O)C1CCC1NC=O)S(C)(=O)=O. The van der Waals surface area contributed by atoms with E-state index >= 15 is 0 Å². The third-order valence-corrected chi connectivity index (χ3v) is 7.07. The predicted octanol–water partition coefficient (Wildman–Crippen LogP) is 0.907. The summed E-state index contributed by atoms with van der Waals surface area (Å²) in [6.45, 7) is 4.24. The Labute approximate surface area is 185 Å². The Morgan fingerprint density at radius 2 is 1.94 bits per heavy atom. The molecule has 2 amide bonds. The van der Waals surface area contributed by atoms with Crippen LogP contribution in [0.2, 0.25) is 0 Å². The predicted molar refractivity (Wildman–Crippen MR) is 120 cm³/mol. The van der Waals surface area contributed by atoms with Crippen molar-refractivity contribution < 1.29 is 23.1 Å². The zero-order valence-electron chi connectivity index (χ0n) is 18.5. The average Bonchev–Trinajstić information content (AvgIpc) is 2.67. The van der Waals surface area contributed by atoms with Gasteiger partial charge >= 0.3 is 0 Å². The molecule has 0 aromatic heterocycles. The normalized spacial score (nSPS) is 20.7. The molecule has 1 aromatic carbocycles. The number of benzene rings is 1. The summed E-state index contributed by atoms with van der Waals surface area (Å²) < 4.78 is 25.8. The number of carbonyl (C=O) groups is 2. The molecule has 1 fully saturated rings. The van der Waals surface area contributed by atoms with E-state index in [0.717, 1.165) is 18.2 Å². The van der Waals surface area contributed by atoms with Crippen molar-refractivity contribution in [3.63, 3.8) is 0 Å². The number of hydrogen-bond donors (Lipinski definition) is 3. The summed E-state index contributed by atoms with van der Waals surface area (Å²) >= 11 is 0. The molecule has 1 saturated carbocycles. The van der Waals surface area contributed by atoms with Crippen molar-refractivity contribution >= 4 is 22.3 Å². The maximum absolute atomic E-state index is 12.8. The summed E-state index contributed by atoms with van der Waals surface area (Å²) in [4.78, 5) is 23.5. The number of nitrogens with one attached hydrogen (secondary N) is 2. The molecule has 0 heterocycles. The molecule has 0 spiro atoms. The van der Waals surface area contributed by atoms with Crippen molar-refractivity contribution in [3.05, 3.63) is 35.9 Å². The highest BCUT2D eigenvalue weighted by molar-refractivity contribution is 7.88. The first-order valence-corrected chi connectivity index (χ1v) is 12.6. The Kier molecular flexibility index (Phi) is 9.46. The van der Waals surface area contributed by atoms with E-state index in [4.69, 9.17) is 0 Å². The van der Waals surface area contributed by atoms with Crippen LogP contribution in [-0.4, -0.2) is 67.7 Å². The fourth-order valence-corrected chi connectivity index (χ4v) is 4.53. The Morgan fingerprint density at radius 1 is 1.26 bits per heavy atom. The number of hydrogen-bond acceptors (Lipinski definition) is 5. The van der Waals surface area contributed by atoms with Crippen molar-refractivity contribution in [1.29, 1.82) is 0 Å². The minimum absolute atomic E-state index is 0.0932. The van der Waals surface area contributed by atoms with Crippen LogP contribution < -0.4 is 10.6 Å². The number of carbonyl (C=O) groups excluding carboxylic acids is 2. The quantitative estimate of drug-likeness (QED) is 0.384. The average molecular weight is 454 g/mol. The Bertz CT molecular complexity index is 816. The number of sulfonamides is 1. The smallest absolute Gasteiger partial charge is 0.225 e. The topological polar surface area (TPSA) is 116 Å². The number of nitrogens with zero attached hydrogens (tertiary/aromatic N) is 1.